The number of nitrogens with zero attached hydrogens (tertiary/aromatic N) is 2. The van der Waals surface area contributed by atoms with Gasteiger partial charge in [0.25, 0.3) is 0 Å². The maximum Gasteiger partial charge on any atom is 0.246 e. The second-order valence-corrected chi connectivity index (χ2v) is 13.2. The quantitative estimate of drug-likeness (QED) is 0.279. The van der Waals surface area contributed by atoms with Crippen molar-refractivity contribution in [1.82, 2.24) is 30.7 Å². The van der Waals surface area contributed by atoms with E-state index < -0.39 is 47.9 Å². The Morgan fingerprint density at radius 1 is 0.854 bits per heavy atom. The summed E-state index contributed by atoms with van der Waals surface area (Å²) < 4.78 is 0. The van der Waals surface area contributed by atoms with Crippen molar-refractivity contribution in [2.24, 2.45) is 5.92 Å². The van der Waals surface area contributed by atoms with E-state index in [4.69, 9.17) is 0 Å². The molecule has 3 aliphatic rings. The number of fused-ring (bicyclic) bond motifs is 2. The molecule has 0 bridgehead atoms. The van der Waals surface area contributed by atoms with Crippen LogP contribution in [-0.2, 0) is 36.8 Å². The molecule has 5 amide bonds. The highest BCUT2D eigenvalue weighted by Gasteiger charge is 2.43. The van der Waals surface area contributed by atoms with Crippen molar-refractivity contribution in [1.29, 1.82) is 0 Å². The van der Waals surface area contributed by atoms with Gasteiger partial charge in [-0.05, 0) is 30.0 Å². The predicted molar refractivity (Wildman–Crippen MR) is 178 cm³/mol. The van der Waals surface area contributed by atoms with Crippen LogP contribution in [0.1, 0.15) is 49.7 Å². The maximum absolute atomic E-state index is 14.3. The standard InChI is InChI=1S/C36H44N6O6/c43-26-19-31-34(46)40-29(17-23-9-3-1-4-10-23)33(45)37-15-16-41(35(47)24-11-5-2-6-12-24)22-32(44)39-30(36(48)42(31)21-26)18-25-20-38-28-14-8-7-13-27(25)28/h1,3-4,7-10,13-14,20,24,26,29-31,38,43H,2,5-6,11-12,15-19,21-22H2,(H,37,45)(H,39,44)(H,40,46)/t26-,29+,30-,31+/m1/s1. The van der Waals surface area contributed by atoms with Gasteiger partial charge in [0.15, 0.2) is 0 Å². The molecule has 2 aromatic carbocycles. The van der Waals surface area contributed by atoms with Gasteiger partial charge in [0, 0.05) is 61.9 Å². The summed E-state index contributed by atoms with van der Waals surface area (Å²) in [6, 6.07) is 13.8. The van der Waals surface area contributed by atoms with Crippen molar-refractivity contribution < 1.29 is 29.1 Å². The van der Waals surface area contributed by atoms with Gasteiger partial charge in [-0.15, -0.1) is 0 Å². The molecule has 0 unspecified atom stereocenters. The van der Waals surface area contributed by atoms with E-state index in [0.29, 0.717) is 0 Å². The Bertz CT molecular complexity index is 1640. The van der Waals surface area contributed by atoms with E-state index in [2.05, 4.69) is 20.9 Å². The number of rotatable bonds is 5. The Hall–Kier alpha value is -4.71. The van der Waals surface area contributed by atoms with E-state index in [1.54, 1.807) is 6.20 Å². The number of aliphatic hydroxyl groups is 1. The zero-order valence-corrected chi connectivity index (χ0v) is 27.0. The third-order valence-electron chi connectivity index (χ3n) is 9.79. The Kier molecular flexibility index (Phi) is 10.4. The summed E-state index contributed by atoms with van der Waals surface area (Å²) in [6.07, 6.45) is 5.61. The SMILES string of the molecule is O=C1CN(C(=O)C2CCCCC2)CCNC(=O)[C@H](Cc2ccccc2)NC(=O)[C@@H]2C[C@@H](O)CN2C(=O)[C@@H](Cc2c[nH]c3ccccc23)N1. The largest absolute Gasteiger partial charge is 0.391 e. The monoisotopic (exact) mass is 656 g/mol. The summed E-state index contributed by atoms with van der Waals surface area (Å²) >= 11 is 0. The van der Waals surface area contributed by atoms with E-state index >= 15 is 0 Å². The van der Waals surface area contributed by atoms with Gasteiger partial charge in [0.05, 0.1) is 12.6 Å². The summed E-state index contributed by atoms with van der Waals surface area (Å²) in [4.78, 5) is 75.1. The molecule has 4 atom stereocenters. The molecule has 2 aliphatic heterocycles. The number of aliphatic hydroxyl groups excluding tert-OH is 1. The highest BCUT2D eigenvalue weighted by atomic mass is 16.3. The van der Waals surface area contributed by atoms with Crippen molar-refractivity contribution in [3.63, 3.8) is 0 Å². The molecule has 3 fully saturated rings. The fourth-order valence-electron chi connectivity index (χ4n) is 7.28. The van der Waals surface area contributed by atoms with Gasteiger partial charge in [-0.25, -0.2) is 0 Å². The number of H-pyrrole nitrogens is 1. The first-order valence-electron chi connectivity index (χ1n) is 17.0. The van der Waals surface area contributed by atoms with E-state index in [1.165, 1.54) is 9.80 Å². The number of aromatic nitrogens is 1. The van der Waals surface area contributed by atoms with Crippen LogP contribution in [0.15, 0.2) is 60.8 Å². The van der Waals surface area contributed by atoms with Crippen LogP contribution in [0.2, 0.25) is 0 Å². The minimum Gasteiger partial charge on any atom is -0.391 e. The summed E-state index contributed by atoms with van der Waals surface area (Å²) in [7, 11) is 0. The molecule has 1 aliphatic carbocycles. The average Bonchev–Trinajstić information content (AvgIpc) is 3.70. The molecule has 1 aromatic heterocycles. The van der Waals surface area contributed by atoms with Gasteiger partial charge in [-0.2, -0.15) is 0 Å². The topological polar surface area (TPSA) is 164 Å². The van der Waals surface area contributed by atoms with Crippen LogP contribution in [0, 0.1) is 5.92 Å². The van der Waals surface area contributed by atoms with Crippen molar-refractivity contribution in [2.75, 3.05) is 26.2 Å². The Morgan fingerprint density at radius 2 is 1.60 bits per heavy atom. The number of hydrogen-bond acceptors (Lipinski definition) is 6. The second-order valence-electron chi connectivity index (χ2n) is 13.2. The van der Waals surface area contributed by atoms with Crippen LogP contribution in [0.3, 0.4) is 0 Å². The van der Waals surface area contributed by atoms with Gasteiger partial charge in [-0.1, -0.05) is 67.8 Å². The molecule has 3 aromatic rings. The summed E-state index contributed by atoms with van der Waals surface area (Å²) in [5.41, 5.74) is 2.51. The van der Waals surface area contributed by atoms with E-state index in [1.807, 2.05) is 54.6 Å². The van der Waals surface area contributed by atoms with Gasteiger partial charge < -0.3 is 35.8 Å². The van der Waals surface area contributed by atoms with Gasteiger partial charge in [0.2, 0.25) is 29.5 Å². The lowest BCUT2D eigenvalue weighted by molar-refractivity contribution is -0.143. The number of para-hydroxylation sites is 1. The normalized spacial score (nSPS) is 25.1. The van der Waals surface area contributed by atoms with Gasteiger partial charge >= 0.3 is 0 Å². The Balaban J connectivity index is 1.32. The van der Waals surface area contributed by atoms with Crippen LogP contribution >= 0.6 is 0 Å². The molecular weight excluding hydrogens is 612 g/mol. The van der Waals surface area contributed by atoms with Gasteiger partial charge in [0.1, 0.15) is 18.1 Å². The van der Waals surface area contributed by atoms with Crippen LogP contribution in [0.5, 0.6) is 0 Å². The zero-order chi connectivity index (χ0) is 33.6. The number of benzene rings is 2. The van der Waals surface area contributed by atoms with E-state index in [9.17, 15) is 29.1 Å². The second kappa shape index (κ2) is 15.0. The van der Waals surface area contributed by atoms with Gasteiger partial charge in [-0.3, -0.25) is 24.0 Å². The molecule has 48 heavy (non-hydrogen) atoms. The number of aromatic amines is 1. The lowest BCUT2D eigenvalue weighted by Gasteiger charge is -2.31. The van der Waals surface area contributed by atoms with E-state index in [-0.39, 0.29) is 57.3 Å². The summed E-state index contributed by atoms with van der Waals surface area (Å²) in [5, 5.41) is 20.2. The van der Waals surface area contributed by atoms with Crippen LogP contribution < -0.4 is 16.0 Å². The van der Waals surface area contributed by atoms with Crippen molar-refractivity contribution in [3.05, 3.63) is 71.9 Å². The molecule has 12 nitrogen and oxygen atoms in total. The molecular formula is C36H44N6O6. The Morgan fingerprint density at radius 3 is 2.40 bits per heavy atom. The highest BCUT2D eigenvalue weighted by Crippen LogP contribution is 2.26. The van der Waals surface area contributed by atoms with E-state index in [0.717, 1.165) is 54.1 Å². The van der Waals surface area contributed by atoms with Crippen molar-refractivity contribution >= 4 is 40.4 Å². The Labute approximate surface area is 279 Å². The number of amides is 5. The first kappa shape index (κ1) is 33.2. The van der Waals surface area contributed by atoms with Crippen LogP contribution in [0.4, 0.5) is 0 Å². The molecule has 254 valence electrons. The lowest BCUT2D eigenvalue weighted by Crippen LogP contribution is -2.57. The molecule has 6 rings (SSSR count). The third kappa shape index (κ3) is 7.70. The maximum atomic E-state index is 14.3. The lowest BCUT2D eigenvalue weighted by atomic mass is 9.88. The smallest absolute Gasteiger partial charge is 0.246 e. The fraction of sp³-hybridized carbons (Fsp3) is 0.472. The van der Waals surface area contributed by atoms with Crippen LogP contribution in [-0.4, -0.2) is 99.8 Å². The van der Waals surface area contributed by atoms with Crippen LogP contribution in [0.25, 0.3) is 10.9 Å². The molecule has 2 saturated heterocycles. The third-order valence-corrected chi connectivity index (χ3v) is 9.79. The molecule has 3 heterocycles. The molecule has 12 heteroatoms. The highest BCUT2D eigenvalue weighted by molar-refractivity contribution is 5.96. The minimum absolute atomic E-state index is 0.00529. The molecule has 0 radical (unpaired) electrons. The average molecular weight is 657 g/mol. The first-order valence-corrected chi connectivity index (χ1v) is 17.0. The number of carbonyl (C=O) groups excluding carboxylic acids is 5. The fourth-order valence-corrected chi connectivity index (χ4v) is 7.28. The van der Waals surface area contributed by atoms with Crippen molar-refractivity contribution in [3.8, 4) is 0 Å². The number of hydrogen-bond donors (Lipinski definition) is 5. The zero-order valence-electron chi connectivity index (χ0n) is 27.0. The molecule has 1 saturated carbocycles. The molecule has 0 spiro atoms. The van der Waals surface area contributed by atoms with Crippen molar-refractivity contribution in [2.45, 2.75) is 75.6 Å². The number of carbonyl (C=O) groups is 5. The number of nitrogens with one attached hydrogen (secondary N) is 4. The summed E-state index contributed by atoms with van der Waals surface area (Å²) in [6.45, 7) is -0.196. The summed E-state index contributed by atoms with van der Waals surface area (Å²) in [5.74, 6) is -2.37. The molecule has 5 N–H and O–H groups in total. The predicted octanol–water partition coefficient (Wildman–Crippen LogP) is 1.42. The first-order chi connectivity index (χ1) is 23.3. The minimum atomic E-state index is -1.08.